The van der Waals surface area contributed by atoms with Crippen LogP contribution in [0.25, 0.3) is 10.8 Å². The van der Waals surface area contributed by atoms with Crippen molar-refractivity contribution in [3.05, 3.63) is 36.4 Å². The van der Waals surface area contributed by atoms with E-state index < -0.39 is 0 Å². The molecule has 0 radical (unpaired) electrons. The van der Waals surface area contributed by atoms with Gasteiger partial charge in [0, 0.05) is 22.5 Å². The fraction of sp³-hybridized carbons (Fsp3) is 0.333. The van der Waals surface area contributed by atoms with Crippen LogP contribution in [0, 0.1) is 0 Å². The first-order valence-corrected chi connectivity index (χ1v) is 6.23. The van der Waals surface area contributed by atoms with Crippen LogP contribution in [-0.2, 0) is 0 Å². The summed E-state index contributed by atoms with van der Waals surface area (Å²) in [6, 6.07) is 12.1. The predicted octanol–water partition coefficient (Wildman–Crippen LogP) is 4.57. The van der Waals surface area contributed by atoms with Crippen molar-refractivity contribution in [2.24, 2.45) is 0 Å². The molecule has 0 aliphatic carbocycles. The van der Waals surface area contributed by atoms with Gasteiger partial charge in [0.15, 0.2) is 0 Å². The van der Waals surface area contributed by atoms with E-state index in [-0.39, 0.29) is 12.4 Å². The number of rotatable bonds is 4. The normalized spacial score (nSPS) is 10.4. The second-order valence-corrected chi connectivity index (χ2v) is 4.34. The molecule has 0 heterocycles. The molecule has 18 heavy (non-hydrogen) atoms. The number of phenols is 1. The third kappa shape index (κ3) is 2.88. The van der Waals surface area contributed by atoms with E-state index in [1.807, 2.05) is 30.3 Å². The molecule has 0 aromatic heterocycles. The molecule has 3 heteroatoms. The number of aromatic hydroxyl groups is 1. The summed E-state index contributed by atoms with van der Waals surface area (Å²) in [5.74, 6) is 0.343. The fourth-order valence-corrected chi connectivity index (χ4v) is 2.12. The van der Waals surface area contributed by atoms with E-state index in [0.29, 0.717) is 11.8 Å². The minimum atomic E-state index is 0. The fourth-order valence-electron chi connectivity index (χ4n) is 2.12. The number of halogens is 1. The summed E-state index contributed by atoms with van der Waals surface area (Å²) in [6.45, 7) is 4.37. The lowest BCUT2D eigenvalue weighted by atomic mass is 10.1. The molecular formula is C15H20ClNO. The molecule has 0 amide bonds. The van der Waals surface area contributed by atoms with Gasteiger partial charge >= 0.3 is 0 Å². The average molecular weight is 266 g/mol. The molecule has 2 nitrogen and oxygen atoms in total. The summed E-state index contributed by atoms with van der Waals surface area (Å²) < 4.78 is 0. The van der Waals surface area contributed by atoms with Crippen LogP contribution in [-0.4, -0.2) is 11.1 Å². The molecular weight excluding hydrogens is 246 g/mol. The lowest BCUT2D eigenvalue weighted by Gasteiger charge is -2.18. The first-order valence-electron chi connectivity index (χ1n) is 6.23. The van der Waals surface area contributed by atoms with Crippen LogP contribution in [0.4, 0.5) is 5.69 Å². The maximum Gasteiger partial charge on any atom is 0.123 e. The Hall–Kier alpha value is -1.41. The smallest absolute Gasteiger partial charge is 0.123 e. The lowest BCUT2D eigenvalue weighted by molar-refractivity contribution is 0.481. The standard InChI is InChI=1S/C15H19NO.ClH/c1-3-11(4-2)16-14-9-10-15(17)13-8-6-5-7-12(13)14;/h5-11,16-17H,3-4H2,1-2H3;1H. The first kappa shape index (κ1) is 14.7. The number of benzene rings is 2. The van der Waals surface area contributed by atoms with E-state index in [1.54, 1.807) is 6.07 Å². The highest BCUT2D eigenvalue weighted by atomic mass is 35.5. The van der Waals surface area contributed by atoms with Crippen LogP contribution < -0.4 is 5.32 Å². The monoisotopic (exact) mass is 265 g/mol. The molecule has 0 saturated carbocycles. The van der Waals surface area contributed by atoms with Crippen molar-refractivity contribution in [3.63, 3.8) is 0 Å². The van der Waals surface area contributed by atoms with E-state index >= 15 is 0 Å². The zero-order valence-electron chi connectivity index (χ0n) is 10.8. The molecule has 2 aromatic carbocycles. The van der Waals surface area contributed by atoms with Gasteiger partial charge in [-0.1, -0.05) is 38.1 Å². The van der Waals surface area contributed by atoms with Gasteiger partial charge in [-0.3, -0.25) is 0 Å². The molecule has 0 atom stereocenters. The summed E-state index contributed by atoms with van der Waals surface area (Å²) in [6.07, 6.45) is 2.21. The Bertz CT molecular complexity index is 509. The SMILES string of the molecule is CCC(CC)Nc1ccc(O)c2ccccc12.Cl. The second kappa shape index (κ2) is 6.50. The highest BCUT2D eigenvalue weighted by Crippen LogP contribution is 2.31. The van der Waals surface area contributed by atoms with Crippen molar-refractivity contribution in [2.75, 3.05) is 5.32 Å². The molecule has 0 bridgehead atoms. The first-order chi connectivity index (χ1) is 8.26. The molecule has 98 valence electrons. The van der Waals surface area contributed by atoms with Crippen molar-refractivity contribution in [3.8, 4) is 5.75 Å². The average Bonchev–Trinajstić information content (AvgIpc) is 2.38. The number of hydrogen-bond acceptors (Lipinski definition) is 2. The predicted molar refractivity (Wildman–Crippen MR) is 80.9 cm³/mol. The molecule has 0 aliphatic heterocycles. The molecule has 0 fully saturated rings. The van der Waals surface area contributed by atoms with Gasteiger partial charge in [0.25, 0.3) is 0 Å². The molecule has 2 rings (SSSR count). The van der Waals surface area contributed by atoms with E-state index in [0.717, 1.165) is 29.3 Å². The minimum absolute atomic E-state index is 0. The van der Waals surface area contributed by atoms with Gasteiger partial charge in [-0.15, -0.1) is 12.4 Å². The van der Waals surface area contributed by atoms with Gasteiger partial charge in [0.1, 0.15) is 5.75 Å². The summed E-state index contributed by atoms with van der Waals surface area (Å²) in [5, 5.41) is 15.3. The Morgan fingerprint density at radius 3 is 2.22 bits per heavy atom. The highest BCUT2D eigenvalue weighted by molar-refractivity contribution is 5.97. The van der Waals surface area contributed by atoms with Crippen molar-refractivity contribution in [2.45, 2.75) is 32.7 Å². The Balaban J connectivity index is 0.00000162. The van der Waals surface area contributed by atoms with Crippen molar-refractivity contribution in [1.82, 2.24) is 0 Å². The number of phenolic OH excluding ortho intramolecular Hbond substituents is 1. The van der Waals surface area contributed by atoms with Crippen LogP contribution in [0.15, 0.2) is 36.4 Å². The molecule has 0 aliphatic rings. The number of hydrogen-bond donors (Lipinski definition) is 2. The Kier molecular flexibility index (Phi) is 5.29. The zero-order valence-corrected chi connectivity index (χ0v) is 11.6. The van der Waals surface area contributed by atoms with E-state index in [4.69, 9.17) is 0 Å². The topological polar surface area (TPSA) is 32.3 Å². The summed E-state index contributed by atoms with van der Waals surface area (Å²) >= 11 is 0. The number of fused-ring (bicyclic) bond motifs is 1. The van der Waals surface area contributed by atoms with Crippen LogP contribution >= 0.6 is 12.4 Å². The van der Waals surface area contributed by atoms with Gasteiger partial charge in [-0.25, -0.2) is 0 Å². The lowest BCUT2D eigenvalue weighted by Crippen LogP contribution is -2.16. The summed E-state index contributed by atoms with van der Waals surface area (Å²) in [4.78, 5) is 0. The van der Waals surface area contributed by atoms with Crippen LogP contribution in [0.1, 0.15) is 26.7 Å². The van der Waals surface area contributed by atoms with Crippen LogP contribution in [0.3, 0.4) is 0 Å². The zero-order chi connectivity index (χ0) is 12.3. The molecule has 2 N–H and O–H groups in total. The van der Waals surface area contributed by atoms with Gasteiger partial charge in [0.2, 0.25) is 0 Å². The van der Waals surface area contributed by atoms with Gasteiger partial charge < -0.3 is 10.4 Å². The van der Waals surface area contributed by atoms with Crippen LogP contribution in [0.2, 0.25) is 0 Å². The van der Waals surface area contributed by atoms with Crippen molar-refractivity contribution in [1.29, 1.82) is 0 Å². The quantitative estimate of drug-likeness (QED) is 0.794. The summed E-state index contributed by atoms with van der Waals surface area (Å²) in [7, 11) is 0. The molecule has 0 saturated heterocycles. The minimum Gasteiger partial charge on any atom is -0.507 e. The molecule has 0 unspecified atom stereocenters. The molecule has 0 spiro atoms. The third-order valence-electron chi connectivity index (χ3n) is 3.25. The maximum absolute atomic E-state index is 9.82. The van der Waals surface area contributed by atoms with Crippen molar-refractivity contribution < 1.29 is 5.11 Å². The number of nitrogens with one attached hydrogen (secondary N) is 1. The van der Waals surface area contributed by atoms with Gasteiger partial charge in [0.05, 0.1) is 0 Å². The number of anilines is 1. The second-order valence-electron chi connectivity index (χ2n) is 4.34. The van der Waals surface area contributed by atoms with Gasteiger partial charge in [-0.05, 0) is 25.0 Å². The molecule has 2 aromatic rings. The summed E-state index contributed by atoms with van der Waals surface area (Å²) in [5.41, 5.74) is 1.10. The largest absolute Gasteiger partial charge is 0.507 e. The Morgan fingerprint density at radius 1 is 1.00 bits per heavy atom. The highest BCUT2D eigenvalue weighted by Gasteiger charge is 2.08. The van der Waals surface area contributed by atoms with E-state index in [1.165, 1.54) is 0 Å². The maximum atomic E-state index is 9.82. The van der Waals surface area contributed by atoms with Crippen molar-refractivity contribution >= 4 is 28.9 Å². The van der Waals surface area contributed by atoms with Crippen LogP contribution in [0.5, 0.6) is 5.75 Å². The van der Waals surface area contributed by atoms with Gasteiger partial charge in [-0.2, -0.15) is 0 Å². The Morgan fingerprint density at radius 2 is 1.61 bits per heavy atom. The third-order valence-corrected chi connectivity index (χ3v) is 3.25. The van der Waals surface area contributed by atoms with E-state index in [2.05, 4.69) is 19.2 Å². The van der Waals surface area contributed by atoms with E-state index in [9.17, 15) is 5.11 Å². The Labute approximate surface area is 114 Å².